The first-order chi connectivity index (χ1) is 13.5. The molecule has 8 heteroatoms. The van der Waals surface area contributed by atoms with E-state index in [1.54, 1.807) is 24.1 Å². The molecule has 3 rings (SSSR count). The van der Waals surface area contributed by atoms with Gasteiger partial charge in [0, 0.05) is 48.2 Å². The van der Waals surface area contributed by atoms with Gasteiger partial charge in [-0.2, -0.15) is 0 Å². The number of carbonyl (C=O) groups excluding carboxylic acids is 2. The highest BCUT2D eigenvalue weighted by Gasteiger charge is 2.09. The molecule has 0 atom stereocenters. The fraction of sp³-hybridized carbons (Fsp3) is 0.182. The molecule has 30 heavy (non-hydrogen) atoms. The number of nitrogens with zero attached hydrogens (tertiary/aromatic N) is 1. The summed E-state index contributed by atoms with van der Waals surface area (Å²) in [6.45, 7) is 1.47. The van der Waals surface area contributed by atoms with E-state index in [1.807, 2.05) is 26.2 Å². The van der Waals surface area contributed by atoms with Gasteiger partial charge in [-0.15, -0.1) is 0 Å². The van der Waals surface area contributed by atoms with E-state index in [0.29, 0.717) is 5.56 Å². The second-order valence-corrected chi connectivity index (χ2v) is 8.51. The maximum Gasteiger partial charge on any atom is 0.186 e. The van der Waals surface area contributed by atoms with Crippen LogP contribution in [0.3, 0.4) is 0 Å². The van der Waals surface area contributed by atoms with E-state index in [9.17, 15) is 9.59 Å². The summed E-state index contributed by atoms with van der Waals surface area (Å²) in [5.41, 5.74) is 2.72. The first-order valence-corrected chi connectivity index (χ1v) is 10.6. The van der Waals surface area contributed by atoms with Gasteiger partial charge in [-0.3, -0.25) is 9.59 Å². The van der Waals surface area contributed by atoms with E-state index in [2.05, 4.69) is 46.0 Å². The Hall–Kier alpha value is -2.52. The number of rotatable bonds is 7. The third-order valence-corrected chi connectivity index (χ3v) is 5.96. The largest absolute Gasteiger partial charge is 0.412 e. The summed E-state index contributed by atoms with van der Waals surface area (Å²) in [7, 11) is 4.09. The van der Waals surface area contributed by atoms with E-state index < -0.39 is 0 Å². The Balaban J connectivity index is 0.00000225. The third-order valence-electron chi connectivity index (χ3n) is 4.23. The van der Waals surface area contributed by atoms with Crippen molar-refractivity contribution in [1.29, 1.82) is 0 Å². The minimum Gasteiger partial charge on any atom is -0.412 e. The molecule has 0 heterocycles. The first kappa shape index (κ1) is 25.5. The maximum atomic E-state index is 12.1. The minimum absolute atomic E-state index is 0. The number of nitrogens with one attached hydrogen (secondary N) is 1. The van der Waals surface area contributed by atoms with Crippen LogP contribution in [0.1, 0.15) is 17.3 Å². The van der Waals surface area contributed by atoms with Crippen molar-refractivity contribution in [3.05, 3.63) is 66.2 Å². The molecular formula is C22H26N2O4S2. The lowest BCUT2D eigenvalue weighted by molar-refractivity contribution is -0.109. The third kappa shape index (κ3) is 6.24. The van der Waals surface area contributed by atoms with Crippen LogP contribution in [0.15, 0.2) is 65.6 Å². The molecule has 0 unspecified atom stereocenters. The van der Waals surface area contributed by atoms with Crippen molar-refractivity contribution in [3.63, 3.8) is 0 Å². The van der Waals surface area contributed by atoms with Gasteiger partial charge >= 0.3 is 0 Å². The minimum atomic E-state index is -0.0458. The van der Waals surface area contributed by atoms with E-state index in [1.165, 1.54) is 23.4 Å². The summed E-state index contributed by atoms with van der Waals surface area (Å²) in [5, 5.41) is 2.36. The topological polar surface area (TPSA) is 112 Å². The van der Waals surface area contributed by atoms with Crippen LogP contribution in [0, 0.1) is 0 Å². The molecule has 0 saturated carbocycles. The first-order valence-electron chi connectivity index (χ1n) is 8.84. The molecule has 0 bridgehead atoms. The predicted molar refractivity (Wildman–Crippen MR) is 129 cm³/mol. The monoisotopic (exact) mass is 446 g/mol. The molecule has 0 radical (unpaired) electrons. The number of hydrogen-bond donors (Lipinski definition) is 1. The van der Waals surface area contributed by atoms with Gasteiger partial charge in [-0.05, 0) is 53.7 Å². The lowest BCUT2D eigenvalue weighted by Crippen LogP contribution is -2.08. The molecule has 0 amide bonds. The molecule has 160 valence electrons. The number of hydrogen-bond acceptors (Lipinski definition) is 6. The van der Waals surface area contributed by atoms with Crippen LogP contribution in [0.2, 0.25) is 0 Å². The van der Waals surface area contributed by atoms with Crippen molar-refractivity contribution in [2.24, 2.45) is 0 Å². The fourth-order valence-corrected chi connectivity index (χ4v) is 4.13. The highest BCUT2D eigenvalue weighted by Crippen LogP contribution is 2.33. The summed E-state index contributed by atoms with van der Waals surface area (Å²) in [4.78, 5) is 26.3. The zero-order valence-corrected chi connectivity index (χ0v) is 18.7. The Morgan fingerprint density at radius 1 is 0.900 bits per heavy atom. The Kier molecular flexibility index (Phi) is 9.88. The second-order valence-electron chi connectivity index (χ2n) is 6.51. The summed E-state index contributed by atoms with van der Waals surface area (Å²) >= 11 is 2.59. The van der Waals surface area contributed by atoms with E-state index in [-0.39, 0.29) is 27.6 Å². The molecule has 0 aliphatic carbocycles. The number of benzene rings is 3. The summed E-state index contributed by atoms with van der Waals surface area (Å²) in [5.74, 6) is 0.144. The van der Waals surface area contributed by atoms with Crippen LogP contribution in [0.25, 0.3) is 10.8 Å². The van der Waals surface area contributed by atoms with Crippen LogP contribution in [-0.4, -0.2) is 41.7 Å². The van der Waals surface area contributed by atoms with Gasteiger partial charge in [-0.1, -0.05) is 36.0 Å². The van der Waals surface area contributed by atoms with Crippen LogP contribution >= 0.6 is 23.7 Å². The average molecular weight is 447 g/mol. The Labute approximate surface area is 184 Å². The van der Waals surface area contributed by atoms with Crippen LogP contribution in [0.5, 0.6) is 0 Å². The number of ketones is 1. The lowest BCUT2D eigenvalue weighted by Gasteiger charge is -2.17. The summed E-state index contributed by atoms with van der Waals surface area (Å²) in [6, 6.07) is 20.0. The molecule has 0 fully saturated rings. The normalized spacial score (nSPS) is 9.97. The van der Waals surface area contributed by atoms with E-state index in [4.69, 9.17) is 0 Å². The number of fused-ring (bicyclic) bond motifs is 1. The molecule has 0 aliphatic heterocycles. The molecule has 6 nitrogen and oxygen atoms in total. The number of carbonyl (C=O) groups is 2. The van der Waals surface area contributed by atoms with E-state index >= 15 is 0 Å². The second kappa shape index (κ2) is 11.6. The molecule has 3 aromatic carbocycles. The summed E-state index contributed by atoms with van der Waals surface area (Å²) < 4.78 is 3.35. The van der Waals surface area contributed by atoms with Crippen molar-refractivity contribution in [3.8, 4) is 0 Å². The number of Topliss-reactive ketones (excluding diaryl/α,β-unsaturated/α-hetero) is 1. The standard InChI is InChI=1S/C22H22N2O2S2.2H2O/c1-15(25)27-14-21(26)16-10-12-17(13-11-16)23-28-22-9-5-6-18-19(22)7-4-8-20(18)24(2)3;;/h4-13,23H,14H2,1-3H3;2*1H2. The van der Waals surface area contributed by atoms with Crippen LogP contribution in [0.4, 0.5) is 11.4 Å². The molecule has 0 saturated heterocycles. The number of anilines is 2. The molecule has 5 N–H and O–H groups in total. The van der Waals surface area contributed by atoms with Gasteiger partial charge in [-0.25, -0.2) is 0 Å². The molecule has 0 spiro atoms. The number of thioether (sulfide) groups is 1. The Morgan fingerprint density at radius 3 is 2.17 bits per heavy atom. The highest BCUT2D eigenvalue weighted by atomic mass is 32.2. The zero-order chi connectivity index (χ0) is 20.1. The van der Waals surface area contributed by atoms with Crippen LogP contribution < -0.4 is 9.62 Å². The quantitative estimate of drug-likeness (QED) is 0.436. The van der Waals surface area contributed by atoms with Crippen molar-refractivity contribution >= 4 is 56.8 Å². The average Bonchev–Trinajstić information content (AvgIpc) is 2.70. The van der Waals surface area contributed by atoms with Gasteiger partial charge in [0.25, 0.3) is 0 Å². The molecular weight excluding hydrogens is 420 g/mol. The van der Waals surface area contributed by atoms with Crippen LogP contribution in [-0.2, 0) is 4.79 Å². The SMILES string of the molecule is CC(=O)SCC(=O)c1ccc(NSc2cccc3c(N(C)C)cccc23)cc1.O.O. The van der Waals surface area contributed by atoms with Gasteiger partial charge in [0.05, 0.1) is 5.75 Å². The van der Waals surface area contributed by atoms with Gasteiger partial charge in [0.1, 0.15) is 0 Å². The zero-order valence-electron chi connectivity index (χ0n) is 17.1. The summed E-state index contributed by atoms with van der Waals surface area (Å²) in [6.07, 6.45) is 0. The molecule has 3 aromatic rings. The van der Waals surface area contributed by atoms with E-state index in [0.717, 1.165) is 22.3 Å². The van der Waals surface area contributed by atoms with Gasteiger partial charge in [0.15, 0.2) is 10.9 Å². The van der Waals surface area contributed by atoms with Crippen molar-refractivity contribution in [2.75, 3.05) is 29.5 Å². The maximum absolute atomic E-state index is 12.1. The van der Waals surface area contributed by atoms with Gasteiger partial charge in [0.2, 0.25) is 0 Å². The Bertz CT molecular complexity index is 1010. The highest BCUT2D eigenvalue weighted by molar-refractivity contribution is 8.14. The lowest BCUT2D eigenvalue weighted by atomic mass is 10.1. The smallest absolute Gasteiger partial charge is 0.186 e. The fourth-order valence-electron chi connectivity index (χ4n) is 2.83. The van der Waals surface area contributed by atoms with Gasteiger partial charge < -0.3 is 20.6 Å². The molecule has 0 aromatic heterocycles. The van der Waals surface area contributed by atoms with Crippen molar-refractivity contribution < 1.29 is 20.5 Å². The Morgan fingerprint density at radius 2 is 1.53 bits per heavy atom. The predicted octanol–water partition coefficient (Wildman–Crippen LogP) is 3.84. The molecule has 0 aliphatic rings. The van der Waals surface area contributed by atoms with Crippen molar-refractivity contribution in [1.82, 2.24) is 0 Å². The van der Waals surface area contributed by atoms with Crippen molar-refractivity contribution in [2.45, 2.75) is 11.8 Å².